The zero-order chi connectivity index (χ0) is 14.3. The van der Waals surface area contributed by atoms with Crippen molar-refractivity contribution in [2.24, 2.45) is 10.4 Å². The van der Waals surface area contributed by atoms with Crippen molar-refractivity contribution in [2.75, 3.05) is 38.5 Å². The van der Waals surface area contributed by atoms with E-state index in [1.54, 1.807) is 0 Å². The van der Waals surface area contributed by atoms with Crippen LogP contribution in [-0.2, 0) is 0 Å². The number of rotatable bonds is 6. The molecule has 1 saturated carbocycles. The Hall–Kier alpha value is -0.220. The summed E-state index contributed by atoms with van der Waals surface area (Å²) in [4.78, 5) is 7.33. The summed E-state index contributed by atoms with van der Waals surface area (Å²) < 4.78 is 0. The minimum absolute atomic E-state index is 0.547. The summed E-state index contributed by atoms with van der Waals surface area (Å²) in [6.45, 7) is 10.1. The van der Waals surface area contributed by atoms with Crippen LogP contribution in [0.5, 0.6) is 0 Å². The minimum atomic E-state index is 0.547. The number of thioether (sulfide) groups is 1. The molecule has 4 heteroatoms. The molecule has 0 atom stereocenters. The van der Waals surface area contributed by atoms with Crippen molar-refractivity contribution < 1.29 is 0 Å². The molecule has 0 aromatic carbocycles. The largest absolute Gasteiger partial charge is 0.364 e. The van der Waals surface area contributed by atoms with Crippen LogP contribution in [-0.4, -0.2) is 48.5 Å². The molecule has 0 radical (unpaired) electrons. The average molecular weight is 298 g/mol. The first kappa shape index (κ1) is 16.2. The van der Waals surface area contributed by atoms with Crippen molar-refractivity contribution in [3.63, 3.8) is 0 Å². The van der Waals surface area contributed by atoms with Gasteiger partial charge in [-0.3, -0.25) is 4.99 Å². The smallest absolute Gasteiger partial charge is 0.156 e. The van der Waals surface area contributed by atoms with Crippen molar-refractivity contribution in [1.82, 2.24) is 10.2 Å². The maximum atomic E-state index is 4.83. The van der Waals surface area contributed by atoms with Gasteiger partial charge in [0.1, 0.15) is 0 Å². The normalized spacial score (nSPS) is 22.1. The first-order valence-electron chi connectivity index (χ1n) is 8.41. The van der Waals surface area contributed by atoms with Gasteiger partial charge in [-0.05, 0) is 37.8 Å². The summed E-state index contributed by atoms with van der Waals surface area (Å²) in [7, 11) is 0. The summed E-state index contributed by atoms with van der Waals surface area (Å²) in [5, 5.41) is 4.73. The number of amidine groups is 1. The fraction of sp³-hybridized carbons (Fsp3) is 0.938. The van der Waals surface area contributed by atoms with E-state index < -0.39 is 0 Å². The molecule has 1 aliphatic heterocycles. The number of hydrogen-bond acceptors (Lipinski definition) is 4. The van der Waals surface area contributed by atoms with Gasteiger partial charge in [0.25, 0.3) is 0 Å². The first-order valence-corrected chi connectivity index (χ1v) is 9.40. The molecule has 2 aliphatic rings. The Bertz CT molecular complexity index is 311. The van der Waals surface area contributed by atoms with Crippen LogP contribution >= 0.6 is 11.8 Å². The second kappa shape index (κ2) is 8.28. The van der Waals surface area contributed by atoms with Crippen molar-refractivity contribution >= 4 is 16.9 Å². The monoisotopic (exact) mass is 297 g/mol. The Labute approximate surface area is 129 Å². The molecule has 0 bridgehead atoms. The third-order valence-electron chi connectivity index (χ3n) is 4.68. The standard InChI is InChI=1S/C16H31N3S/c1-3-11-19(4-2)12-10-17-15-18-13-16(14-20-15)8-6-5-7-9-16/h3-14H2,1-2H3,(H,17,18). The number of hydrogen-bond donors (Lipinski definition) is 1. The molecule has 0 unspecified atom stereocenters. The third kappa shape index (κ3) is 4.66. The lowest BCUT2D eigenvalue weighted by Crippen LogP contribution is -2.39. The summed E-state index contributed by atoms with van der Waals surface area (Å²) in [5.74, 6) is 1.28. The molecule has 0 saturated heterocycles. The zero-order valence-electron chi connectivity index (χ0n) is 13.3. The summed E-state index contributed by atoms with van der Waals surface area (Å²) in [6.07, 6.45) is 8.31. The second-order valence-electron chi connectivity index (χ2n) is 6.33. The number of likely N-dealkylation sites (N-methyl/N-ethyl adjacent to an activating group) is 1. The molecule has 1 fully saturated rings. The van der Waals surface area contributed by atoms with Gasteiger partial charge >= 0.3 is 0 Å². The lowest BCUT2D eigenvalue weighted by atomic mass is 9.75. The number of nitrogens with one attached hydrogen (secondary N) is 1. The zero-order valence-corrected chi connectivity index (χ0v) is 14.1. The molecule has 20 heavy (non-hydrogen) atoms. The molecule has 2 rings (SSSR count). The minimum Gasteiger partial charge on any atom is -0.364 e. The predicted molar refractivity (Wildman–Crippen MR) is 90.7 cm³/mol. The van der Waals surface area contributed by atoms with E-state index in [1.807, 2.05) is 11.8 Å². The molecule has 0 amide bonds. The van der Waals surface area contributed by atoms with Crippen LogP contribution in [0.25, 0.3) is 0 Å². The summed E-state index contributed by atoms with van der Waals surface area (Å²) in [6, 6.07) is 0. The van der Waals surface area contributed by atoms with Gasteiger partial charge in [0.05, 0.1) is 0 Å². The fourth-order valence-corrected chi connectivity index (χ4v) is 4.51. The predicted octanol–water partition coefficient (Wildman–Crippen LogP) is 3.36. The lowest BCUT2D eigenvalue weighted by molar-refractivity contribution is 0.232. The topological polar surface area (TPSA) is 27.6 Å². The van der Waals surface area contributed by atoms with Crippen LogP contribution in [0, 0.1) is 5.41 Å². The fourth-order valence-electron chi connectivity index (χ4n) is 3.33. The first-order chi connectivity index (χ1) is 9.78. The molecule has 116 valence electrons. The lowest BCUT2D eigenvalue weighted by Gasteiger charge is -2.38. The molecule has 3 nitrogen and oxygen atoms in total. The maximum Gasteiger partial charge on any atom is 0.156 e. The van der Waals surface area contributed by atoms with Gasteiger partial charge in [0.15, 0.2) is 5.17 Å². The quantitative estimate of drug-likeness (QED) is 0.814. The van der Waals surface area contributed by atoms with Crippen molar-refractivity contribution in [3.05, 3.63) is 0 Å². The Morgan fingerprint density at radius 1 is 1.20 bits per heavy atom. The molecule has 0 aromatic heterocycles. The van der Waals surface area contributed by atoms with Crippen molar-refractivity contribution in [3.8, 4) is 0 Å². The van der Waals surface area contributed by atoms with Gasteiger partial charge < -0.3 is 10.2 Å². The molecular weight excluding hydrogens is 266 g/mol. The maximum absolute atomic E-state index is 4.83. The van der Waals surface area contributed by atoms with Crippen LogP contribution in [0.3, 0.4) is 0 Å². The Morgan fingerprint density at radius 3 is 2.60 bits per heavy atom. The molecule has 0 aromatic rings. The molecule has 1 N–H and O–H groups in total. The Balaban J connectivity index is 1.69. The highest BCUT2D eigenvalue weighted by atomic mass is 32.2. The van der Waals surface area contributed by atoms with E-state index in [1.165, 1.54) is 56.0 Å². The Kier molecular flexibility index (Phi) is 6.69. The second-order valence-corrected chi connectivity index (χ2v) is 7.30. The van der Waals surface area contributed by atoms with E-state index in [2.05, 4.69) is 24.1 Å². The highest BCUT2D eigenvalue weighted by molar-refractivity contribution is 8.13. The summed E-state index contributed by atoms with van der Waals surface area (Å²) in [5.41, 5.74) is 0.547. The van der Waals surface area contributed by atoms with Crippen molar-refractivity contribution in [2.45, 2.75) is 52.4 Å². The molecule has 1 spiro atoms. The summed E-state index contributed by atoms with van der Waals surface area (Å²) >= 11 is 1.96. The molecule has 1 aliphatic carbocycles. The van der Waals surface area contributed by atoms with Gasteiger partial charge in [0, 0.05) is 25.4 Å². The highest BCUT2D eigenvalue weighted by Crippen LogP contribution is 2.41. The highest BCUT2D eigenvalue weighted by Gasteiger charge is 2.34. The van der Waals surface area contributed by atoms with Crippen molar-refractivity contribution in [1.29, 1.82) is 0 Å². The van der Waals surface area contributed by atoms with Crippen LogP contribution in [0.2, 0.25) is 0 Å². The average Bonchev–Trinajstić information content (AvgIpc) is 2.49. The molecule has 1 heterocycles. The SMILES string of the molecule is CCCN(CC)CCNC1=NCC2(CCCCC2)CS1. The van der Waals surface area contributed by atoms with Gasteiger partial charge in [-0.2, -0.15) is 0 Å². The van der Waals surface area contributed by atoms with Crippen LogP contribution in [0.15, 0.2) is 4.99 Å². The van der Waals surface area contributed by atoms with Gasteiger partial charge in [-0.1, -0.05) is 44.9 Å². The van der Waals surface area contributed by atoms with Crippen LogP contribution in [0.4, 0.5) is 0 Å². The van der Waals surface area contributed by atoms with Gasteiger partial charge in [0.2, 0.25) is 0 Å². The van der Waals surface area contributed by atoms with E-state index in [4.69, 9.17) is 4.99 Å². The van der Waals surface area contributed by atoms with E-state index in [0.29, 0.717) is 5.41 Å². The van der Waals surface area contributed by atoms with Crippen LogP contribution < -0.4 is 5.32 Å². The van der Waals surface area contributed by atoms with E-state index in [-0.39, 0.29) is 0 Å². The molecular formula is C16H31N3S. The number of aliphatic imine (C=N–C) groups is 1. The number of nitrogens with zero attached hydrogens (tertiary/aromatic N) is 2. The Morgan fingerprint density at radius 2 is 2.00 bits per heavy atom. The van der Waals surface area contributed by atoms with Crippen LogP contribution in [0.1, 0.15) is 52.4 Å². The van der Waals surface area contributed by atoms with Gasteiger partial charge in [-0.25, -0.2) is 0 Å². The van der Waals surface area contributed by atoms with E-state index >= 15 is 0 Å². The van der Waals surface area contributed by atoms with E-state index in [0.717, 1.165) is 26.2 Å². The van der Waals surface area contributed by atoms with E-state index in [9.17, 15) is 0 Å². The third-order valence-corrected chi connectivity index (χ3v) is 5.98. The van der Waals surface area contributed by atoms with Gasteiger partial charge in [-0.15, -0.1) is 0 Å².